The molecule has 0 unspecified atom stereocenters. The van der Waals surface area contributed by atoms with E-state index in [1.807, 2.05) is 25.1 Å². The fourth-order valence-corrected chi connectivity index (χ4v) is 2.01. The number of halogens is 1. The fraction of sp³-hybridized carbons (Fsp3) is 0.462. The molecule has 0 bridgehead atoms. The van der Waals surface area contributed by atoms with Crippen molar-refractivity contribution in [1.82, 2.24) is 0 Å². The predicted octanol–water partition coefficient (Wildman–Crippen LogP) is 3.51. The number of hydrogen-bond acceptors (Lipinski definition) is 3. The van der Waals surface area contributed by atoms with Gasteiger partial charge in [-0.15, -0.1) is 0 Å². The molecule has 1 N–H and O–H groups in total. The number of rotatable bonds is 4. The maximum absolute atomic E-state index is 11.7. The van der Waals surface area contributed by atoms with E-state index in [9.17, 15) is 4.79 Å². The molecule has 0 aliphatic rings. The van der Waals surface area contributed by atoms with Crippen LogP contribution in [-0.2, 0) is 9.53 Å². The minimum Gasteiger partial charge on any atom is -0.464 e. The van der Waals surface area contributed by atoms with Crippen molar-refractivity contribution in [3.8, 4) is 0 Å². The zero-order chi connectivity index (χ0) is 13.1. The third-order valence-electron chi connectivity index (χ3n) is 2.36. The molecule has 0 amide bonds. The SMILES string of the molecule is CCOC(=O)C(C)(C)Nc1ccc(C)cc1Br. The van der Waals surface area contributed by atoms with E-state index >= 15 is 0 Å². The molecule has 0 saturated carbocycles. The van der Waals surface area contributed by atoms with Crippen LogP contribution >= 0.6 is 15.9 Å². The molecule has 0 aliphatic carbocycles. The Hall–Kier alpha value is -1.03. The first-order valence-corrected chi connectivity index (χ1v) is 6.37. The molecular formula is C13H18BrNO2. The van der Waals surface area contributed by atoms with Gasteiger partial charge in [0.05, 0.1) is 6.61 Å². The highest BCUT2D eigenvalue weighted by atomic mass is 79.9. The van der Waals surface area contributed by atoms with Crippen molar-refractivity contribution < 1.29 is 9.53 Å². The molecule has 17 heavy (non-hydrogen) atoms. The highest BCUT2D eigenvalue weighted by Crippen LogP contribution is 2.26. The molecule has 94 valence electrons. The summed E-state index contributed by atoms with van der Waals surface area (Å²) in [6, 6.07) is 5.94. The number of ether oxygens (including phenoxy) is 1. The summed E-state index contributed by atoms with van der Waals surface area (Å²) in [4.78, 5) is 11.7. The lowest BCUT2D eigenvalue weighted by atomic mass is 10.1. The van der Waals surface area contributed by atoms with Gasteiger partial charge in [-0.1, -0.05) is 6.07 Å². The number of nitrogens with one attached hydrogen (secondary N) is 1. The number of benzene rings is 1. The summed E-state index contributed by atoms with van der Waals surface area (Å²) in [5.74, 6) is -0.257. The molecule has 4 heteroatoms. The van der Waals surface area contributed by atoms with Gasteiger partial charge >= 0.3 is 5.97 Å². The van der Waals surface area contributed by atoms with Crippen molar-refractivity contribution in [3.63, 3.8) is 0 Å². The number of anilines is 1. The van der Waals surface area contributed by atoms with Gasteiger partial charge in [-0.05, 0) is 61.3 Å². The molecule has 0 spiro atoms. The molecule has 0 aliphatic heterocycles. The second kappa shape index (κ2) is 5.54. The van der Waals surface area contributed by atoms with Crippen molar-refractivity contribution in [3.05, 3.63) is 28.2 Å². The van der Waals surface area contributed by atoms with Crippen LogP contribution in [0.4, 0.5) is 5.69 Å². The molecule has 0 aromatic heterocycles. The van der Waals surface area contributed by atoms with Crippen LogP contribution in [0, 0.1) is 6.92 Å². The molecule has 1 aromatic rings. The van der Waals surface area contributed by atoms with Gasteiger partial charge in [-0.25, -0.2) is 4.79 Å². The van der Waals surface area contributed by atoms with Gasteiger partial charge in [0.2, 0.25) is 0 Å². The number of aryl methyl sites for hydroxylation is 1. The maximum atomic E-state index is 11.7. The van der Waals surface area contributed by atoms with Crippen LogP contribution < -0.4 is 5.32 Å². The second-order valence-electron chi connectivity index (χ2n) is 4.45. The molecular weight excluding hydrogens is 282 g/mol. The largest absolute Gasteiger partial charge is 0.464 e. The van der Waals surface area contributed by atoms with Crippen LogP contribution in [0.25, 0.3) is 0 Å². The molecule has 3 nitrogen and oxygen atoms in total. The first kappa shape index (κ1) is 14.0. The summed E-state index contributed by atoms with van der Waals surface area (Å²) in [7, 11) is 0. The van der Waals surface area contributed by atoms with Gasteiger partial charge in [0.25, 0.3) is 0 Å². The van der Waals surface area contributed by atoms with Gasteiger partial charge < -0.3 is 10.1 Å². The molecule has 0 radical (unpaired) electrons. The zero-order valence-electron chi connectivity index (χ0n) is 10.6. The van der Waals surface area contributed by atoms with E-state index in [-0.39, 0.29) is 5.97 Å². The maximum Gasteiger partial charge on any atom is 0.331 e. The monoisotopic (exact) mass is 299 g/mol. The van der Waals surface area contributed by atoms with Crippen molar-refractivity contribution in [2.75, 3.05) is 11.9 Å². The third kappa shape index (κ3) is 3.73. The van der Waals surface area contributed by atoms with E-state index in [4.69, 9.17) is 4.74 Å². The van der Waals surface area contributed by atoms with Crippen LogP contribution in [0.1, 0.15) is 26.3 Å². The molecule has 1 rings (SSSR count). The second-order valence-corrected chi connectivity index (χ2v) is 5.31. The van der Waals surface area contributed by atoms with E-state index in [2.05, 4.69) is 21.2 Å². The number of esters is 1. The molecule has 0 atom stereocenters. The lowest BCUT2D eigenvalue weighted by molar-refractivity contribution is -0.147. The van der Waals surface area contributed by atoms with Gasteiger partial charge in [-0.2, -0.15) is 0 Å². The smallest absolute Gasteiger partial charge is 0.331 e. The quantitative estimate of drug-likeness (QED) is 0.865. The Balaban J connectivity index is 2.86. The van der Waals surface area contributed by atoms with Crippen molar-refractivity contribution in [2.45, 2.75) is 33.2 Å². The highest BCUT2D eigenvalue weighted by Gasteiger charge is 2.29. The van der Waals surface area contributed by atoms with E-state index in [1.165, 1.54) is 0 Å². The Labute approximate surface area is 111 Å². The van der Waals surface area contributed by atoms with E-state index in [1.54, 1.807) is 20.8 Å². The lowest BCUT2D eigenvalue weighted by Crippen LogP contribution is -2.41. The fourth-order valence-electron chi connectivity index (χ4n) is 1.42. The lowest BCUT2D eigenvalue weighted by Gasteiger charge is -2.25. The minimum absolute atomic E-state index is 0.257. The van der Waals surface area contributed by atoms with Gasteiger partial charge in [0.15, 0.2) is 0 Å². The number of hydrogen-bond donors (Lipinski definition) is 1. The van der Waals surface area contributed by atoms with Gasteiger partial charge in [0, 0.05) is 10.2 Å². The first-order chi connectivity index (χ1) is 7.86. The van der Waals surface area contributed by atoms with Crippen LogP contribution in [0.3, 0.4) is 0 Å². The Kier molecular flexibility index (Phi) is 4.57. The summed E-state index contributed by atoms with van der Waals surface area (Å²) < 4.78 is 5.97. The van der Waals surface area contributed by atoms with Gasteiger partial charge in [-0.3, -0.25) is 0 Å². The summed E-state index contributed by atoms with van der Waals surface area (Å²) in [6.07, 6.45) is 0. The van der Waals surface area contributed by atoms with E-state index < -0.39 is 5.54 Å². The summed E-state index contributed by atoms with van der Waals surface area (Å²) in [6.45, 7) is 7.81. The van der Waals surface area contributed by atoms with E-state index in [0.717, 1.165) is 15.7 Å². The Morgan fingerprint density at radius 1 is 1.47 bits per heavy atom. The first-order valence-electron chi connectivity index (χ1n) is 5.58. The van der Waals surface area contributed by atoms with Crippen LogP contribution in [0.15, 0.2) is 22.7 Å². The molecule has 0 heterocycles. The summed E-state index contributed by atoms with van der Waals surface area (Å²) in [5, 5.41) is 3.18. The Morgan fingerprint density at radius 3 is 2.65 bits per heavy atom. The molecule has 0 fully saturated rings. The topological polar surface area (TPSA) is 38.3 Å². The van der Waals surface area contributed by atoms with Crippen LogP contribution in [0.2, 0.25) is 0 Å². The van der Waals surface area contributed by atoms with Crippen molar-refractivity contribution >= 4 is 27.6 Å². The predicted molar refractivity (Wildman–Crippen MR) is 73.2 cm³/mol. The number of carbonyl (C=O) groups is 1. The number of carbonyl (C=O) groups excluding carboxylic acids is 1. The standard InChI is InChI=1S/C13H18BrNO2/c1-5-17-12(16)13(3,4)15-11-7-6-9(2)8-10(11)14/h6-8,15H,5H2,1-4H3. The summed E-state index contributed by atoms with van der Waals surface area (Å²) >= 11 is 3.47. The van der Waals surface area contributed by atoms with Crippen molar-refractivity contribution in [1.29, 1.82) is 0 Å². The average Bonchev–Trinajstić information content (AvgIpc) is 2.22. The van der Waals surface area contributed by atoms with Crippen LogP contribution in [-0.4, -0.2) is 18.1 Å². The Morgan fingerprint density at radius 2 is 2.12 bits per heavy atom. The van der Waals surface area contributed by atoms with Crippen molar-refractivity contribution in [2.24, 2.45) is 0 Å². The average molecular weight is 300 g/mol. The zero-order valence-corrected chi connectivity index (χ0v) is 12.2. The van der Waals surface area contributed by atoms with Gasteiger partial charge in [0.1, 0.15) is 5.54 Å². The molecule has 1 aromatic carbocycles. The highest BCUT2D eigenvalue weighted by molar-refractivity contribution is 9.10. The van der Waals surface area contributed by atoms with Crippen LogP contribution in [0.5, 0.6) is 0 Å². The Bertz CT molecular complexity index is 416. The molecule has 0 saturated heterocycles. The van der Waals surface area contributed by atoms with E-state index in [0.29, 0.717) is 6.61 Å². The normalized spacial score (nSPS) is 11.1. The third-order valence-corrected chi connectivity index (χ3v) is 3.01. The minimum atomic E-state index is -0.742. The summed E-state index contributed by atoms with van der Waals surface area (Å²) in [5.41, 5.74) is 1.30.